The number of nitrogens with two attached hydrogens (primary N) is 1. The number of hydrogen-bond donors (Lipinski definition) is 1. The molecule has 19 heavy (non-hydrogen) atoms. The molecule has 0 aliphatic rings. The van der Waals surface area contributed by atoms with Crippen LogP contribution in [0.1, 0.15) is 17.8 Å². The van der Waals surface area contributed by atoms with Crippen molar-refractivity contribution in [3.05, 3.63) is 40.1 Å². The molecule has 2 rings (SSSR count). The molecule has 2 aromatic rings. The molecule has 0 aliphatic carbocycles. The number of nitrogens with zero attached hydrogens (tertiary/aromatic N) is 2. The summed E-state index contributed by atoms with van der Waals surface area (Å²) in [5.41, 5.74) is 8.55. The third-order valence-electron chi connectivity index (χ3n) is 2.96. The fourth-order valence-corrected chi connectivity index (χ4v) is 2.15. The van der Waals surface area contributed by atoms with E-state index in [-0.39, 0.29) is 0 Å². The van der Waals surface area contributed by atoms with E-state index in [1.807, 2.05) is 35.9 Å². The van der Waals surface area contributed by atoms with Crippen LogP contribution in [-0.2, 0) is 6.54 Å². The lowest BCUT2D eigenvalue weighted by atomic mass is 10.3. The Morgan fingerprint density at radius 1 is 1.26 bits per heavy atom. The molecule has 1 aromatic carbocycles. The van der Waals surface area contributed by atoms with Gasteiger partial charge in [0.1, 0.15) is 5.75 Å². The second-order valence-corrected chi connectivity index (χ2v) is 5.27. The average Bonchev–Trinajstić information content (AvgIpc) is 2.64. The summed E-state index contributed by atoms with van der Waals surface area (Å²) in [6, 6.07) is 7.45. The topological polar surface area (TPSA) is 53.1 Å². The van der Waals surface area contributed by atoms with E-state index in [9.17, 15) is 0 Å². The van der Waals surface area contributed by atoms with Crippen molar-refractivity contribution in [2.24, 2.45) is 0 Å². The minimum atomic E-state index is 0.667. The van der Waals surface area contributed by atoms with Crippen LogP contribution >= 0.6 is 15.9 Å². The fourth-order valence-electron chi connectivity index (χ4n) is 1.86. The van der Waals surface area contributed by atoms with Gasteiger partial charge in [-0.1, -0.05) is 0 Å². The van der Waals surface area contributed by atoms with E-state index in [2.05, 4.69) is 28.0 Å². The Kier molecular flexibility index (Phi) is 4.47. The quantitative estimate of drug-likeness (QED) is 0.678. The monoisotopic (exact) mass is 323 g/mol. The molecule has 0 aliphatic heterocycles. The molecule has 0 unspecified atom stereocenters. The first-order chi connectivity index (χ1) is 9.08. The second kappa shape index (κ2) is 6.10. The number of anilines is 1. The second-order valence-electron chi connectivity index (χ2n) is 4.48. The lowest BCUT2D eigenvalue weighted by molar-refractivity contribution is 0.298. The predicted molar refractivity (Wildman–Crippen MR) is 80.4 cm³/mol. The van der Waals surface area contributed by atoms with E-state index in [0.29, 0.717) is 6.61 Å². The van der Waals surface area contributed by atoms with Gasteiger partial charge in [0.2, 0.25) is 0 Å². The van der Waals surface area contributed by atoms with Crippen LogP contribution in [0.25, 0.3) is 0 Å². The first-order valence-corrected chi connectivity index (χ1v) is 7.05. The molecule has 0 radical (unpaired) electrons. The number of halogens is 1. The molecule has 4 nitrogen and oxygen atoms in total. The van der Waals surface area contributed by atoms with Crippen molar-refractivity contribution >= 4 is 21.6 Å². The smallest absolute Gasteiger partial charge is 0.119 e. The molecule has 2 N–H and O–H groups in total. The summed E-state index contributed by atoms with van der Waals surface area (Å²) in [7, 11) is 0. The standard InChI is InChI=1S/C14H18BrN3O/c1-10-14(15)11(2)18(17-10)8-3-9-19-13-6-4-12(16)5-7-13/h4-7H,3,8-9,16H2,1-2H3. The molecule has 0 saturated heterocycles. The van der Waals surface area contributed by atoms with Crippen LogP contribution in [-0.4, -0.2) is 16.4 Å². The van der Waals surface area contributed by atoms with Crippen LogP contribution in [0.4, 0.5) is 5.69 Å². The Hall–Kier alpha value is -1.49. The summed E-state index contributed by atoms with van der Waals surface area (Å²) in [5, 5.41) is 4.46. The SMILES string of the molecule is Cc1nn(CCCOc2ccc(N)cc2)c(C)c1Br. The van der Waals surface area contributed by atoms with Gasteiger partial charge in [-0.25, -0.2) is 0 Å². The van der Waals surface area contributed by atoms with Crippen molar-refractivity contribution < 1.29 is 4.74 Å². The Balaban J connectivity index is 1.80. The molecule has 0 fully saturated rings. The Bertz CT molecular complexity index is 549. The molecule has 1 heterocycles. The summed E-state index contributed by atoms with van der Waals surface area (Å²) in [4.78, 5) is 0. The highest BCUT2D eigenvalue weighted by atomic mass is 79.9. The van der Waals surface area contributed by atoms with Crippen LogP contribution < -0.4 is 10.5 Å². The zero-order chi connectivity index (χ0) is 13.8. The van der Waals surface area contributed by atoms with Gasteiger partial charge >= 0.3 is 0 Å². The average molecular weight is 324 g/mol. The van der Waals surface area contributed by atoms with Gasteiger partial charge in [-0.3, -0.25) is 4.68 Å². The zero-order valence-electron chi connectivity index (χ0n) is 11.2. The molecule has 5 heteroatoms. The number of benzene rings is 1. The summed E-state index contributed by atoms with van der Waals surface area (Å²) in [5.74, 6) is 0.851. The highest BCUT2D eigenvalue weighted by Crippen LogP contribution is 2.20. The summed E-state index contributed by atoms with van der Waals surface area (Å²) < 4.78 is 8.75. The van der Waals surface area contributed by atoms with Gasteiger partial charge in [-0.05, 0) is 54.0 Å². The third-order valence-corrected chi connectivity index (χ3v) is 4.10. The molecular weight excluding hydrogens is 306 g/mol. The highest BCUT2D eigenvalue weighted by Gasteiger charge is 2.07. The van der Waals surface area contributed by atoms with Crippen molar-refractivity contribution in [2.75, 3.05) is 12.3 Å². The van der Waals surface area contributed by atoms with E-state index in [1.54, 1.807) is 0 Å². The van der Waals surface area contributed by atoms with Crippen molar-refractivity contribution in [2.45, 2.75) is 26.8 Å². The van der Waals surface area contributed by atoms with Gasteiger partial charge < -0.3 is 10.5 Å². The number of rotatable bonds is 5. The highest BCUT2D eigenvalue weighted by molar-refractivity contribution is 9.10. The Morgan fingerprint density at radius 2 is 1.95 bits per heavy atom. The lowest BCUT2D eigenvalue weighted by Gasteiger charge is -2.07. The van der Waals surface area contributed by atoms with Crippen molar-refractivity contribution in [3.63, 3.8) is 0 Å². The maximum atomic E-state index is 5.65. The lowest BCUT2D eigenvalue weighted by Crippen LogP contribution is -2.07. The van der Waals surface area contributed by atoms with Crippen LogP contribution in [0.15, 0.2) is 28.7 Å². The Morgan fingerprint density at radius 3 is 2.53 bits per heavy atom. The largest absolute Gasteiger partial charge is 0.494 e. The van der Waals surface area contributed by atoms with E-state index >= 15 is 0 Å². The number of ether oxygens (including phenoxy) is 1. The number of aromatic nitrogens is 2. The van der Waals surface area contributed by atoms with Crippen LogP contribution in [0.3, 0.4) is 0 Å². The van der Waals surface area contributed by atoms with E-state index in [0.717, 1.165) is 40.3 Å². The number of nitrogen functional groups attached to an aromatic ring is 1. The van der Waals surface area contributed by atoms with Gasteiger partial charge in [0.05, 0.1) is 16.8 Å². The van der Waals surface area contributed by atoms with Gasteiger partial charge in [0, 0.05) is 24.3 Å². The molecule has 0 bridgehead atoms. The third kappa shape index (κ3) is 3.50. The normalized spacial score (nSPS) is 10.7. The number of aryl methyl sites for hydroxylation is 2. The minimum Gasteiger partial charge on any atom is -0.494 e. The molecule has 0 amide bonds. The molecule has 0 saturated carbocycles. The van der Waals surface area contributed by atoms with Crippen molar-refractivity contribution in [3.8, 4) is 5.75 Å². The maximum Gasteiger partial charge on any atom is 0.119 e. The van der Waals surface area contributed by atoms with Crippen LogP contribution in [0.2, 0.25) is 0 Å². The Labute approximate surface area is 121 Å². The van der Waals surface area contributed by atoms with Crippen LogP contribution in [0, 0.1) is 13.8 Å². The van der Waals surface area contributed by atoms with Gasteiger partial charge in [0.15, 0.2) is 0 Å². The van der Waals surface area contributed by atoms with Gasteiger partial charge in [-0.2, -0.15) is 5.10 Å². The van der Waals surface area contributed by atoms with E-state index < -0.39 is 0 Å². The van der Waals surface area contributed by atoms with Gasteiger partial charge in [0.25, 0.3) is 0 Å². The van der Waals surface area contributed by atoms with Gasteiger partial charge in [-0.15, -0.1) is 0 Å². The molecule has 0 spiro atoms. The molecule has 102 valence electrons. The molecular formula is C14H18BrN3O. The first-order valence-electron chi connectivity index (χ1n) is 6.26. The van der Waals surface area contributed by atoms with E-state index in [4.69, 9.17) is 10.5 Å². The van der Waals surface area contributed by atoms with E-state index in [1.165, 1.54) is 0 Å². The zero-order valence-corrected chi connectivity index (χ0v) is 12.8. The summed E-state index contributed by atoms with van der Waals surface area (Å²) in [6.45, 7) is 5.58. The molecule has 1 aromatic heterocycles. The first kappa shape index (κ1) is 13.9. The fraction of sp³-hybridized carbons (Fsp3) is 0.357. The van der Waals surface area contributed by atoms with Crippen LogP contribution in [0.5, 0.6) is 5.75 Å². The summed E-state index contributed by atoms with van der Waals surface area (Å²) in [6.07, 6.45) is 0.915. The number of hydrogen-bond acceptors (Lipinski definition) is 3. The summed E-state index contributed by atoms with van der Waals surface area (Å²) >= 11 is 3.53. The predicted octanol–water partition coefficient (Wildman–Crippen LogP) is 3.31. The van der Waals surface area contributed by atoms with Crippen molar-refractivity contribution in [1.82, 2.24) is 9.78 Å². The molecule has 0 atom stereocenters. The maximum absolute atomic E-state index is 5.65. The minimum absolute atomic E-state index is 0.667. The van der Waals surface area contributed by atoms with Crippen molar-refractivity contribution in [1.29, 1.82) is 0 Å².